The van der Waals surface area contributed by atoms with Gasteiger partial charge in [-0.3, -0.25) is 0 Å². The molecule has 0 spiro atoms. The SMILES string of the molecule is COC[C@@H]1C[C@H](O[Si](C)(C)C(C)(C)C)CCN1. The summed E-state index contributed by atoms with van der Waals surface area (Å²) in [7, 11) is 0.150. The second kappa shape index (κ2) is 5.82. The Bertz CT molecular complexity index is 236. The van der Waals surface area contributed by atoms with Gasteiger partial charge in [0.15, 0.2) is 8.32 Å². The number of hydrogen-bond donors (Lipinski definition) is 1. The van der Waals surface area contributed by atoms with Gasteiger partial charge in [-0.1, -0.05) is 20.8 Å². The minimum Gasteiger partial charge on any atom is -0.414 e. The Kier molecular flexibility index (Phi) is 5.19. The molecule has 0 aromatic heterocycles. The molecule has 4 heteroatoms. The largest absolute Gasteiger partial charge is 0.414 e. The van der Waals surface area contributed by atoms with Crippen molar-refractivity contribution in [2.75, 3.05) is 20.3 Å². The van der Waals surface area contributed by atoms with Crippen LogP contribution in [0.5, 0.6) is 0 Å². The maximum absolute atomic E-state index is 6.46. The van der Waals surface area contributed by atoms with Crippen LogP contribution >= 0.6 is 0 Å². The highest BCUT2D eigenvalue weighted by Crippen LogP contribution is 2.38. The molecule has 2 atom stereocenters. The maximum Gasteiger partial charge on any atom is 0.192 e. The van der Waals surface area contributed by atoms with Crippen LogP contribution in [0.3, 0.4) is 0 Å². The summed E-state index contributed by atoms with van der Waals surface area (Å²) in [5, 5.41) is 3.79. The predicted molar refractivity (Wildman–Crippen MR) is 75.0 cm³/mol. The normalized spacial score (nSPS) is 27.2. The Morgan fingerprint density at radius 1 is 1.29 bits per heavy atom. The lowest BCUT2D eigenvalue weighted by molar-refractivity contribution is 0.0870. The molecule has 0 saturated carbocycles. The lowest BCUT2D eigenvalue weighted by Gasteiger charge is -2.41. The molecule has 102 valence electrons. The van der Waals surface area contributed by atoms with E-state index in [-0.39, 0.29) is 0 Å². The Hall–Kier alpha value is 0.0969. The minimum absolute atomic E-state index is 0.300. The number of piperidine rings is 1. The smallest absolute Gasteiger partial charge is 0.192 e. The van der Waals surface area contributed by atoms with Gasteiger partial charge in [-0.05, 0) is 37.5 Å². The molecule has 0 unspecified atom stereocenters. The topological polar surface area (TPSA) is 30.5 Å². The van der Waals surface area contributed by atoms with Gasteiger partial charge in [0.1, 0.15) is 0 Å². The molecule has 0 aromatic rings. The van der Waals surface area contributed by atoms with Crippen molar-refractivity contribution < 1.29 is 9.16 Å². The zero-order valence-electron chi connectivity index (χ0n) is 12.3. The van der Waals surface area contributed by atoms with Crippen molar-refractivity contribution in [1.82, 2.24) is 5.32 Å². The van der Waals surface area contributed by atoms with Gasteiger partial charge >= 0.3 is 0 Å². The molecule has 0 amide bonds. The maximum atomic E-state index is 6.46. The predicted octanol–water partition coefficient (Wildman–Crippen LogP) is 2.78. The quantitative estimate of drug-likeness (QED) is 0.788. The fourth-order valence-corrected chi connectivity index (χ4v) is 3.40. The van der Waals surface area contributed by atoms with Crippen LogP contribution in [0.4, 0.5) is 0 Å². The van der Waals surface area contributed by atoms with E-state index >= 15 is 0 Å². The van der Waals surface area contributed by atoms with Crippen LogP contribution in [0.1, 0.15) is 33.6 Å². The van der Waals surface area contributed by atoms with Gasteiger partial charge in [0.2, 0.25) is 0 Å². The van der Waals surface area contributed by atoms with Crippen molar-refractivity contribution in [2.45, 2.75) is 63.9 Å². The molecule has 0 bridgehead atoms. The molecular weight excluding hydrogens is 230 g/mol. The second-order valence-corrected chi connectivity index (χ2v) is 11.4. The molecule has 1 fully saturated rings. The van der Waals surface area contributed by atoms with Crippen molar-refractivity contribution in [3.8, 4) is 0 Å². The molecule has 1 heterocycles. The third kappa shape index (κ3) is 4.36. The molecule has 1 rings (SSSR count). The number of hydrogen-bond acceptors (Lipinski definition) is 3. The fourth-order valence-electron chi connectivity index (χ4n) is 2.00. The van der Waals surface area contributed by atoms with Gasteiger partial charge in [-0.2, -0.15) is 0 Å². The highest BCUT2D eigenvalue weighted by atomic mass is 28.4. The number of nitrogens with one attached hydrogen (secondary N) is 1. The van der Waals surface area contributed by atoms with Gasteiger partial charge in [0, 0.05) is 19.3 Å². The molecular formula is C13H29NO2Si. The van der Waals surface area contributed by atoms with Crippen molar-refractivity contribution in [1.29, 1.82) is 0 Å². The fraction of sp³-hybridized carbons (Fsp3) is 1.00. The number of methoxy groups -OCH3 is 1. The molecule has 0 aromatic carbocycles. The van der Waals surface area contributed by atoms with E-state index in [4.69, 9.17) is 9.16 Å². The van der Waals surface area contributed by atoms with Crippen molar-refractivity contribution in [3.05, 3.63) is 0 Å². The Labute approximate surface area is 107 Å². The van der Waals surface area contributed by atoms with Crippen LogP contribution in [-0.2, 0) is 9.16 Å². The third-order valence-electron chi connectivity index (χ3n) is 4.08. The molecule has 3 nitrogen and oxygen atoms in total. The van der Waals surface area contributed by atoms with Crippen LogP contribution in [-0.4, -0.2) is 40.7 Å². The van der Waals surface area contributed by atoms with E-state index in [9.17, 15) is 0 Å². The summed E-state index contributed by atoms with van der Waals surface area (Å²) < 4.78 is 11.7. The zero-order chi connectivity index (χ0) is 13.1. The van der Waals surface area contributed by atoms with Gasteiger partial charge in [-0.15, -0.1) is 0 Å². The van der Waals surface area contributed by atoms with Crippen LogP contribution in [0.15, 0.2) is 0 Å². The summed E-state index contributed by atoms with van der Waals surface area (Å²) in [6, 6.07) is 0.462. The summed E-state index contributed by atoms with van der Waals surface area (Å²) in [6.45, 7) is 13.4. The van der Waals surface area contributed by atoms with E-state index in [1.54, 1.807) is 7.11 Å². The monoisotopic (exact) mass is 259 g/mol. The molecule has 17 heavy (non-hydrogen) atoms. The third-order valence-corrected chi connectivity index (χ3v) is 8.62. The first kappa shape index (κ1) is 15.2. The van der Waals surface area contributed by atoms with E-state index in [2.05, 4.69) is 39.2 Å². The van der Waals surface area contributed by atoms with E-state index in [1.807, 2.05) is 0 Å². The Morgan fingerprint density at radius 2 is 1.94 bits per heavy atom. The summed E-state index contributed by atoms with van der Waals surface area (Å²) >= 11 is 0. The minimum atomic E-state index is -1.61. The lowest BCUT2D eigenvalue weighted by atomic mass is 10.0. The van der Waals surface area contributed by atoms with Gasteiger partial charge < -0.3 is 14.5 Å². The van der Waals surface area contributed by atoms with Crippen LogP contribution in [0.2, 0.25) is 18.1 Å². The summed E-state index contributed by atoms with van der Waals surface area (Å²) in [4.78, 5) is 0. The van der Waals surface area contributed by atoms with E-state index in [0.29, 0.717) is 17.2 Å². The Balaban J connectivity index is 2.51. The summed E-state index contributed by atoms with van der Waals surface area (Å²) in [6.07, 6.45) is 2.63. The van der Waals surface area contributed by atoms with Gasteiger partial charge in [0.05, 0.1) is 6.61 Å². The summed E-state index contributed by atoms with van der Waals surface area (Å²) in [5.41, 5.74) is 0. The number of rotatable bonds is 4. The highest BCUT2D eigenvalue weighted by Gasteiger charge is 2.39. The summed E-state index contributed by atoms with van der Waals surface area (Å²) in [5.74, 6) is 0. The zero-order valence-corrected chi connectivity index (χ0v) is 13.3. The lowest BCUT2D eigenvalue weighted by Crippen LogP contribution is -2.50. The van der Waals surface area contributed by atoms with Crippen LogP contribution < -0.4 is 5.32 Å². The first-order chi connectivity index (χ1) is 7.76. The highest BCUT2D eigenvalue weighted by molar-refractivity contribution is 6.74. The molecule has 0 aliphatic carbocycles. The first-order valence-corrected chi connectivity index (χ1v) is 9.57. The Morgan fingerprint density at radius 3 is 2.47 bits per heavy atom. The molecule has 1 saturated heterocycles. The molecule has 1 aliphatic heterocycles. The van der Waals surface area contributed by atoms with Gasteiger partial charge in [0.25, 0.3) is 0 Å². The van der Waals surface area contributed by atoms with Gasteiger partial charge in [-0.25, -0.2) is 0 Å². The number of ether oxygens (including phenoxy) is 1. The van der Waals surface area contributed by atoms with Crippen molar-refractivity contribution in [3.63, 3.8) is 0 Å². The van der Waals surface area contributed by atoms with Crippen molar-refractivity contribution >= 4 is 8.32 Å². The van der Waals surface area contributed by atoms with E-state index < -0.39 is 8.32 Å². The standard InChI is InChI=1S/C13H29NO2Si/c1-13(2,3)17(5,6)16-12-7-8-14-11(9-12)10-15-4/h11-12,14H,7-10H2,1-6H3/t11-,12+/m0/s1. The molecule has 0 radical (unpaired) electrons. The average molecular weight is 259 g/mol. The van der Waals surface area contributed by atoms with Crippen LogP contribution in [0.25, 0.3) is 0 Å². The van der Waals surface area contributed by atoms with Crippen molar-refractivity contribution in [2.24, 2.45) is 0 Å². The average Bonchev–Trinajstić information content (AvgIpc) is 2.16. The first-order valence-electron chi connectivity index (χ1n) is 6.66. The van der Waals surface area contributed by atoms with E-state index in [1.165, 1.54) is 0 Å². The van der Waals surface area contributed by atoms with Crippen LogP contribution in [0, 0.1) is 0 Å². The second-order valence-electron chi connectivity index (χ2n) is 6.63. The molecule has 1 aliphatic rings. The molecule has 1 N–H and O–H groups in total. The van der Waals surface area contributed by atoms with E-state index in [0.717, 1.165) is 26.0 Å².